The first-order valence-electron chi connectivity index (χ1n) is 10.7. The molecule has 1 amide bonds. The normalized spacial score (nSPS) is 19.7. The number of carbonyl (C=O) groups is 1. The zero-order valence-corrected chi connectivity index (χ0v) is 17.3. The third kappa shape index (κ3) is 4.92. The lowest BCUT2D eigenvalue weighted by Gasteiger charge is -2.46. The second-order valence-electron chi connectivity index (χ2n) is 8.71. The second-order valence-corrected chi connectivity index (χ2v) is 8.71. The first-order valence-corrected chi connectivity index (χ1v) is 10.7. The quantitative estimate of drug-likeness (QED) is 0.614. The SMILES string of the molecule is O=C1N(Cc2cccc(C(F)(F)F)c2)CCCC12CCN(Cc1ccc(F)cc1)CC2. The molecule has 0 aromatic heterocycles. The minimum Gasteiger partial charge on any atom is -0.338 e. The van der Waals surface area contributed by atoms with Crippen molar-refractivity contribution in [3.63, 3.8) is 0 Å². The molecule has 0 aliphatic carbocycles. The Morgan fingerprint density at radius 3 is 2.26 bits per heavy atom. The van der Waals surface area contributed by atoms with Crippen LogP contribution in [0.3, 0.4) is 0 Å². The topological polar surface area (TPSA) is 23.6 Å². The van der Waals surface area contributed by atoms with E-state index in [2.05, 4.69) is 4.90 Å². The van der Waals surface area contributed by atoms with E-state index in [0.717, 1.165) is 63.0 Å². The fourth-order valence-electron chi connectivity index (χ4n) is 4.82. The van der Waals surface area contributed by atoms with Gasteiger partial charge < -0.3 is 4.90 Å². The lowest BCUT2D eigenvalue weighted by molar-refractivity contribution is -0.150. The summed E-state index contributed by atoms with van der Waals surface area (Å²) in [7, 11) is 0. The molecule has 2 aliphatic rings. The first-order chi connectivity index (χ1) is 14.7. The van der Waals surface area contributed by atoms with Crippen LogP contribution < -0.4 is 0 Å². The summed E-state index contributed by atoms with van der Waals surface area (Å²) in [5.41, 5.74) is 0.449. The van der Waals surface area contributed by atoms with Crippen molar-refractivity contribution in [1.82, 2.24) is 9.80 Å². The molecule has 0 atom stereocenters. The van der Waals surface area contributed by atoms with Gasteiger partial charge in [-0.3, -0.25) is 9.69 Å². The van der Waals surface area contributed by atoms with Gasteiger partial charge in [0.25, 0.3) is 0 Å². The van der Waals surface area contributed by atoms with Gasteiger partial charge in [0, 0.05) is 19.6 Å². The summed E-state index contributed by atoms with van der Waals surface area (Å²) in [5.74, 6) is -0.187. The van der Waals surface area contributed by atoms with Gasteiger partial charge in [0.15, 0.2) is 0 Å². The average molecular weight is 434 g/mol. The summed E-state index contributed by atoms with van der Waals surface area (Å²) in [6.45, 7) is 3.07. The van der Waals surface area contributed by atoms with Gasteiger partial charge >= 0.3 is 6.18 Å². The van der Waals surface area contributed by atoms with E-state index in [0.29, 0.717) is 12.1 Å². The van der Waals surface area contributed by atoms with Crippen LogP contribution in [0.15, 0.2) is 48.5 Å². The van der Waals surface area contributed by atoms with Crippen LogP contribution >= 0.6 is 0 Å². The Bertz CT molecular complexity index is 918. The van der Waals surface area contributed by atoms with Gasteiger partial charge in [-0.05, 0) is 74.2 Å². The van der Waals surface area contributed by atoms with Crippen molar-refractivity contribution in [1.29, 1.82) is 0 Å². The van der Waals surface area contributed by atoms with Gasteiger partial charge in [0.1, 0.15) is 5.82 Å². The number of halogens is 4. The maximum absolute atomic E-state index is 13.3. The molecule has 0 bridgehead atoms. The smallest absolute Gasteiger partial charge is 0.338 e. The molecule has 4 rings (SSSR count). The van der Waals surface area contributed by atoms with Crippen molar-refractivity contribution in [2.75, 3.05) is 19.6 Å². The number of rotatable bonds is 4. The third-order valence-electron chi connectivity index (χ3n) is 6.58. The third-order valence-corrected chi connectivity index (χ3v) is 6.58. The number of piperidine rings is 2. The van der Waals surface area contributed by atoms with E-state index < -0.39 is 17.2 Å². The van der Waals surface area contributed by atoms with Gasteiger partial charge in [0.2, 0.25) is 5.91 Å². The number of carbonyl (C=O) groups excluding carboxylic acids is 1. The molecule has 2 aliphatic heterocycles. The van der Waals surface area contributed by atoms with Crippen molar-refractivity contribution in [2.24, 2.45) is 5.41 Å². The highest BCUT2D eigenvalue weighted by Crippen LogP contribution is 2.41. The van der Waals surface area contributed by atoms with Crippen molar-refractivity contribution in [2.45, 2.75) is 44.9 Å². The fourth-order valence-corrected chi connectivity index (χ4v) is 4.82. The first kappa shape index (κ1) is 21.8. The lowest BCUT2D eigenvalue weighted by atomic mass is 9.71. The lowest BCUT2D eigenvalue weighted by Crippen LogP contribution is -2.53. The number of hydrogen-bond donors (Lipinski definition) is 0. The summed E-state index contributed by atoms with van der Waals surface area (Å²) in [6.07, 6.45) is -1.21. The minimum absolute atomic E-state index is 0.0672. The van der Waals surface area contributed by atoms with E-state index in [-0.39, 0.29) is 18.3 Å². The Morgan fingerprint density at radius 2 is 1.58 bits per heavy atom. The number of likely N-dealkylation sites (tertiary alicyclic amines) is 2. The highest BCUT2D eigenvalue weighted by atomic mass is 19.4. The van der Waals surface area contributed by atoms with E-state index in [1.807, 2.05) is 0 Å². The minimum atomic E-state index is -4.39. The summed E-state index contributed by atoms with van der Waals surface area (Å²) >= 11 is 0. The number of benzene rings is 2. The molecule has 7 heteroatoms. The Kier molecular flexibility index (Phi) is 6.06. The maximum atomic E-state index is 13.3. The molecule has 0 radical (unpaired) electrons. The molecule has 31 heavy (non-hydrogen) atoms. The monoisotopic (exact) mass is 434 g/mol. The van der Waals surface area contributed by atoms with E-state index in [4.69, 9.17) is 0 Å². The van der Waals surface area contributed by atoms with Crippen molar-refractivity contribution in [3.8, 4) is 0 Å². The summed E-state index contributed by atoms with van der Waals surface area (Å²) in [5, 5.41) is 0. The molecule has 2 heterocycles. The zero-order chi connectivity index (χ0) is 22.1. The molecule has 0 unspecified atom stereocenters. The Morgan fingerprint density at radius 1 is 0.871 bits per heavy atom. The molecular weight excluding hydrogens is 408 g/mol. The highest BCUT2D eigenvalue weighted by molar-refractivity contribution is 5.83. The molecule has 2 fully saturated rings. The van der Waals surface area contributed by atoms with E-state index in [1.54, 1.807) is 23.1 Å². The highest BCUT2D eigenvalue weighted by Gasteiger charge is 2.45. The second kappa shape index (κ2) is 8.61. The van der Waals surface area contributed by atoms with Gasteiger partial charge in [-0.2, -0.15) is 13.2 Å². The molecule has 166 valence electrons. The average Bonchev–Trinajstić information content (AvgIpc) is 2.74. The standard InChI is InChI=1S/C24H26F4N2O/c25-21-7-5-18(6-8-21)16-29-13-10-23(11-14-29)9-2-12-30(22(23)31)17-19-3-1-4-20(15-19)24(26,27)28/h1,3-8,15H,2,9-14,16-17H2. The van der Waals surface area contributed by atoms with E-state index in [1.165, 1.54) is 18.2 Å². The van der Waals surface area contributed by atoms with Crippen LogP contribution in [0.2, 0.25) is 0 Å². The fraction of sp³-hybridized carbons (Fsp3) is 0.458. The molecule has 2 saturated heterocycles. The zero-order valence-electron chi connectivity index (χ0n) is 17.3. The largest absolute Gasteiger partial charge is 0.416 e. The van der Waals surface area contributed by atoms with Crippen LogP contribution in [-0.4, -0.2) is 35.3 Å². The van der Waals surface area contributed by atoms with E-state index >= 15 is 0 Å². The van der Waals surface area contributed by atoms with Crippen molar-refractivity contribution >= 4 is 5.91 Å². The van der Waals surface area contributed by atoms with Crippen LogP contribution in [0.5, 0.6) is 0 Å². The van der Waals surface area contributed by atoms with Crippen molar-refractivity contribution < 1.29 is 22.4 Å². The van der Waals surface area contributed by atoms with Gasteiger partial charge in [-0.25, -0.2) is 4.39 Å². The van der Waals surface area contributed by atoms with Gasteiger partial charge in [-0.15, -0.1) is 0 Å². The molecule has 2 aromatic carbocycles. The molecule has 3 nitrogen and oxygen atoms in total. The number of amides is 1. The maximum Gasteiger partial charge on any atom is 0.416 e. The van der Waals surface area contributed by atoms with E-state index in [9.17, 15) is 22.4 Å². The molecular formula is C24H26F4N2O. The van der Waals surface area contributed by atoms with Gasteiger partial charge in [-0.1, -0.05) is 24.3 Å². The predicted octanol–water partition coefficient (Wildman–Crippen LogP) is 5.25. The van der Waals surface area contributed by atoms with Crippen LogP contribution in [0.4, 0.5) is 17.6 Å². The Balaban J connectivity index is 1.39. The van der Waals surface area contributed by atoms with Crippen LogP contribution in [-0.2, 0) is 24.1 Å². The van der Waals surface area contributed by atoms with Crippen LogP contribution in [0, 0.1) is 11.2 Å². The van der Waals surface area contributed by atoms with Crippen molar-refractivity contribution in [3.05, 3.63) is 71.0 Å². The Hall–Kier alpha value is -2.41. The molecule has 0 saturated carbocycles. The summed E-state index contributed by atoms with van der Waals surface area (Å²) in [4.78, 5) is 17.3. The molecule has 2 aromatic rings. The Labute approximate surface area is 179 Å². The molecule has 0 N–H and O–H groups in total. The number of alkyl halides is 3. The number of nitrogens with zero attached hydrogens (tertiary/aromatic N) is 2. The predicted molar refractivity (Wildman–Crippen MR) is 109 cm³/mol. The van der Waals surface area contributed by atoms with Crippen LogP contribution in [0.1, 0.15) is 42.4 Å². The summed E-state index contributed by atoms with van der Waals surface area (Å²) < 4.78 is 52.2. The molecule has 1 spiro atoms. The number of hydrogen-bond acceptors (Lipinski definition) is 2. The van der Waals surface area contributed by atoms with Crippen LogP contribution in [0.25, 0.3) is 0 Å². The van der Waals surface area contributed by atoms with Gasteiger partial charge in [0.05, 0.1) is 11.0 Å². The summed E-state index contributed by atoms with van der Waals surface area (Å²) in [6, 6.07) is 11.7.